The molecule has 0 fully saturated rings. The number of para-hydroxylation sites is 1. The number of amides is 1. The molecule has 128 valence electrons. The number of rotatable bonds is 5. The first-order valence-electron chi connectivity index (χ1n) is 8.05. The number of carbonyl (C=O) groups is 2. The predicted octanol–water partition coefficient (Wildman–Crippen LogP) is 3.85. The Morgan fingerprint density at radius 2 is 1.92 bits per heavy atom. The molecular weight excluding hydrogens is 318 g/mol. The Morgan fingerprint density at radius 3 is 2.68 bits per heavy atom. The maximum atomic E-state index is 12.1. The molecule has 3 aromatic rings. The molecule has 0 spiro atoms. The fourth-order valence-electron chi connectivity index (χ4n) is 2.54. The van der Waals surface area contributed by atoms with Gasteiger partial charge in [-0.3, -0.25) is 9.59 Å². The first-order chi connectivity index (χ1) is 12.0. The molecule has 0 unspecified atom stereocenters. The first kappa shape index (κ1) is 16.8. The molecule has 3 rings (SSSR count). The molecule has 5 heteroatoms. The van der Waals surface area contributed by atoms with Crippen molar-refractivity contribution >= 4 is 28.5 Å². The number of aryl methyl sites for hydroxylation is 1. The van der Waals surface area contributed by atoms with Gasteiger partial charge < -0.3 is 14.5 Å². The Hall–Kier alpha value is -3.08. The van der Waals surface area contributed by atoms with Crippen molar-refractivity contribution in [2.45, 2.75) is 26.4 Å². The van der Waals surface area contributed by atoms with E-state index >= 15 is 0 Å². The molecule has 0 radical (unpaired) electrons. The van der Waals surface area contributed by atoms with Crippen LogP contribution in [0, 0.1) is 6.92 Å². The Kier molecular flexibility index (Phi) is 4.84. The van der Waals surface area contributed by atoms with Crippen molar-refractivity contribution in [1.82, 2.24) is 0 Å². The lowest BCUT2D eigenvalue weighted by Crippen LogP contribution is -2.30. The van der Waals surface area contributed by atoms with Gasteiger partial charge in [-0.2, -0.15) is 0 Å². The lowest BCUT2D eigenvalue weighted by molar-refractivity contribution is -0.152. The van der Waals surface area contributed by atoms with Crippen LogP contribution in [0.5, 0.6) is 0 Å². The predicted molar refractivity (Wildman–Crippen MR) is 95.3 cm³/mol. The van der Waals surface area contributed by atoms with Crippen molar-refractivity contribution in [3.63, 3.8) is 0 Å². The van der Waals surface area contributed by atoms with Gasteiger partial charge in [-0.25, -0.2) is 0 Å². The number of ether oxygens (including phenoxy) is 1. The highest BCUT2D eigenvalue weighted by Crippen LogP contribution is 2.23. The summed E-state index contributed by atoms with van der Waals surface area (Å²) in [5, 5.41) is 3.59. The average molecular weight is 337 g/mol. The van der Waals surface area contributed by atoms with E-state index in [1.807, 2.05) is 43.3 Å². The van der Waals surface area contributed by atoms with Gasteiger partial charge in [0, 0.05) is 16.6 Å². The molecule has 0 aliphatic carbocycles. The Labute approximate surface area is 145 Å². The summed E-state index contributed by atoms with van der Waals surface area (Å²) in [7, 11) is 0. The smallest absolute Gasteiger partial charge is 0.311 e. The van der Waals surface area contributed by atoms with Crippen LogP contribution in [0.25, 0.3) is 11.0 Å². The van der Waals surface area contributed by atoms with E-state index in [2.05, 4.69) is 5.32 Å². The third-order valence-corrected chi connectivity index (χ3v) is 3.86. The summed E-state index contributed by atoms with van der Waals surface area (Å²) in [6, 6.07) is 14.8. The number of carbonyl (C=O) groups excluding carboxylic acids is 2. The lowest BCUT2D eigenvalue weighted by atomic mass is 10.1. The van der Waals surface area contributed by atoms with E-state index < -0.39 is 12.1 Å². The summed E-state index contributed by atoms with van der Waals surface area (Å²) in [5.74, 6) is -0.841. The minimum absolute atomic E-state index is 0.0546. The summed E-state index contributed by atoms with van der Waals surface area (Å²) in [6.07, 6.45) is 0.729. The van der Waals surface area contributed by atoms with Crippen molar-refractivity contribution in [2.75, 3.05) is 5.32 Å². The topological polar surface area (TPSA) is 68.5 Å². The van der Waals surface area contributed by atoms with E-state index in [1.54, 1.807) is 25.3 Å². The van der Waals surface area contributed by atoms with E-state index in [0.717, 1.165) is 22.1 Å². The molecular formula is C20H19NO4. The fraction of sp³-hybridized carbons (Fsp3) is 0.200. The number of nitrogens with one attached hydrogen (secondary N) is 1. The van der Waals surface area contributed by atoms with Gasteiger partial charge in [0.25, 0.3) is 5.91 Å². The van der Waals surface area contributed by atoms with Gasteiger partial charge in [-0.05, 0) is 37.6 Å². The molecule has 25 heavy (non-hydrogen) atoms. The van der Waals surface area contributed by atoms with Crippen LogP contribution >= 0.6 is 0 Å². The van der Waals surface area contributed by atoms with Crippen LogP contribution in [-0.2, 0) is 20.7 Å². The lowest BCUT2D eigenvalue weighted by Gasteiger charge is -2.13. The number of benzene rings is 2. The second kappa shape index (κ2) is 7.21. The number of anilines is 1. The Morgan fingerprint density at radius 1 is 1.16 bits per heavy atom. The van der Waals surface area contributed by atoms with Crippen LogP contribution in [0.3, 0.4) is 0 Å². The molecule has 0 bridgehead atoms. The van der Waals surface area contributed by atoms with Crippen molar-refractivity contribution in [3.8, 4) is 0 Å². The van der Waals surface area contributed by atoms with Crippen molar-refractivity contribution in [1.29, 1.82) is 0 Å². The van der Waals surface area contributed by atoms with E-state index in [4.69, 9.17) is 9.15 Å². The van der Waals surface area contributed by atoms with E-state index in [0.29, 0.717) is 5.69 Å². The molecule has 1 N–H and O–H groups in total. The number of hydrogen-bond acceptors (Lipinski definition) is 4. The maximum absolute atomic E-state index is 12.1. The molecule has 0 aliphatic rings. The van der Waals surface area contributed by atoms with E-state index in [-0.39, 0.29) is 12.3 Å². The summed E-state index contributed by atoms with van der Waals surface area (Å²) >= 11 is 0. The number of furan rings is 1. The minimum atomic E-state index is -0.881. The zero-order chi connectivity index (χ0) is 17.8. The number of hydrogen-bond donors (Lipinski definition) is 1. The molecule has 0 aliphatic heterocycles. The van der Waals surface area contributed by atoms with E-state index in [9.17, 15) is 9.59 Å². The normalized spacial score (nSPS) is 11.9. The summed E-state index contributed by atoms with van der Waals surface area (Å²) in [4.78, 5) is 24.2. The maximum Gasteiger partial charge on any atom is 0.311 e. The largest absolute Gasteiger partial charge is 0.464 e. The molecule has 1 aromatic heterocycles. The third kappa shape index (κ3) is 4.07. The summed E-state index contributed by atoms with van der Waals surface area (Å²) in [6.45, 7) is 3.52. The molecule has 5 nitrogen and oxygen atoms in total. The summed E-state index contributed by atoms with van der Waals surface area (Å²) in [5.41, 5.74) is 3.22. The highest BCUT2D eigenvalue weighted by Gasteiger charge is 2.19. The zero-order valence-electron chi connectivity index (χ0n) is 14.1. The van der Waals surface area contributed by atoms with Crippen molar-refractivity contribution in [2.24, 2.45) is 0 Å². The van der Waals surface area contributed by atoms with Crippen LogP contribution in [0.2, 0.25) is 0 Å². The van der Waals surface area contributed by atoms with Gasteiger partial charge in [0.2, 0.25) is 0 Å². The minimum Gasteiger partial charge on any atom is -0.464 e. The highest BCUT2D eigenvalue weighted by atomic mass is 16.5. The number of esters is 1. The van der Waals surface area contributed by atoms with Gasteiger partial charge in [0.15, 0.2) is 6.10 Å². The van der Waals surface area contributed by atoms with Gasteiger partial charge in [0.05, 0.1) is 12.7 Å². The number of fused-ring (bicyclic) bond motifs is 1. The van der Waals surface area contributed by atoms with Crippen molar-refractivity contribution < 1.29 is 18.7 Å². The molecule has 0 saturated heterocycles. The zero-order valence-corrected chi connectivity index (χ0v) is 14.1. The van der Waals surface area contributed by atoms with Crippen LogP contribution in [0.4, 0.5) is 5.69 Å². The van der Waals surface area contributed by atoms with E-state index in [1.165, 1.54) is 0 Å². The van der Waals surface area contributed by atoms with Gasteiger partial charge in [-0.15, -0.1) is 0 Å². The second-order valence-electron chi connectivity index (χ2n) is 5.92. The van der Waals surface area contributed by atoms with Gasteiger partial charge in [-0.1, -0.05) is 30.3 Å². The second-order valence-corrected chi connectivity index (χ2v) is 5.92. The highest BCUT2D eigenvalue weighted by molar-refractivity contribution is 5.95. The SMILES string of the molecule is Cc1ccc2c(CC(=O)O[C@@H](C)C(=O)Nc3ccccc3)coc2c1. The van der Waals surface area contributed by atoms with Crippen LogP contribution in [-0.4, -0.2) is 18.0 Å². The molecule has 1 atom stereocenters. The van der Waals surface area contributed by atoms with Gasteiger partial charge in [0.1, 0.15) is 5.58 Å². The molecule has 0 saturated carbocycles. The van der Waals surface area contributed by atoms with Gasteiger partial charge >= 0.3 is 5.97 Å². The van der Waals surface area contributed by atoms with Crippen LogP contribution in [0.1, 0.15) is 18.1 Å². The Bertz CT molecular complexity index is 898. The van der Waals surface area contributed by atoms with Crippen LogP contribution < -0.4 is 5.32 Å². The van der Waals surface area contributed by atoms with Crippen LogP contribution in [0.15, 0.2) is 59.2 Å². The Balaban J connectivity index is 1.60. The van der Waals surface area contributed by atoms with Crippen molar-refractivity contribution in [3.05, 3.63) is 65.9 Å². The standard InChI is InChI=1S/C20H19NO4/c1-13-8-9-17-15(12-24-18(17)10-13)11-19(22)25-14(2)20(23)21-16-6-4-3-5-7-16/h3-10,12,14H,11H2,1-2H3,(H,21,23)/t14-/m0/s1. The molecule has 1 amide bonds. The average Bonchev–Trinajstić information content (AvgIpc) is 2.97. The molecule has 1 heterocycles. The summed E-state index contributed by atoms with van der Waals surface area (Å²) < 4.78 is 10.7. The monoisotopic (exact) mass is 337 g/mol. The fourth-order valence-corrected chi connectivity index (χ4v) is 2.54. The molecule has 2 aromatic carbocycles. The quantitative estimate of drug-likeness (QED) is 0.718. The first-order valence-corrected chi connectivity index (χ1v) is 8.05. The third-order valence-electron chi connectivity index (χ3n) is 3.86.